The summed E-state index contributed by atoms with van der Waals surface area (Å²) >= 11 is 0. The van der Waals surface area contributed by atoms with Crippen molar-refractivity contribution in [2.45, 2.75) is 38.6 Å². The molecule has 0 aromatic heterocycles. The minimum absolute atomic E-state index is 0. The number of piperidine rings is 1. The SMILES string of the molecule is CCCOC(=O)C1CCCCN1.Cl. The molecule has 78 valence electrons. The number of ether oxygens (including phenoxy) is 1. The van der Waals surface area contributed by atoms with E-state index in [9.17, 15) is 4.79 Å². The van der Waals surface area contributed by atoms with Gasteiger partial charge in [0.05, 0.1) is 6.61 Å². The zero-order chi connectivity index (χ0) is 8.81. The van der Waals surface area contributed by atoms with E-state index < -0.39 is 0 Å². The van der Waals surface area contributed by atoms with Crippen LogP contribution in [0.25, 0.3) is 0 Å². The molecule has 0 saturated carbocycles. The van der Waals surface area contributed by atoms with Gasteiger partial charge in [-0.2, -0.15) is 0 Å². The van der Waals surface area contributed by atoms with Crippen molar-refractivity contribution in [2.75, 3.05) is 13.2 Å². The van der Waals surface area contributed by atoms with E-state index in [2.05, 4.69) is 5.32 Å². The molecule has 4 heteroatoms. The Balaban J connectivity index is 0.00000144. The van der Waals surface area contributed by atoms with Gasteiger partial charge in [-0.15, -0.1) is 12.4 Å². The third kappa shape index (κ3) is 4.48. The van der Waals surface area contributed by atoms with Gasteiger partial charge in [-0.05, 0) is 25.8 Å². The van der Waals surface area contributed by atoms with E-state index in [-0.39, 0.29) is 24.4 Å². The van der Waals surface area contributed by atoms with Crippen LogP contribution in [0.15, 0.2) is 0 Å². The Bertz CT molecular complexity index is 147. The topological polar surface area (TPSA) is 38.3 Å². The Morgan fingerprint density at radius 2 is 2.31 bits per heavy atom. The van der Waals surface area contributed by atoms with E-state index in [4.69, 9.17) is 4.74 Å². The molecule has 3 nitrogen and oxygen atoms in total. The molecule has 1 heterocycles. The highest BCUT2D eigenvalue weighted by Crippen LogP contribution is 2.08. The molecular weight excluding hydrogens is 190 g/mol. The number of esters is 1. The normalized spacial score (nSPS) is 21.8. The van der Waals surface area contributed by atoms with Crippen molar-refractivity contribution in [1.29, 1.82) is 0 Å². The van der Waals surface area contributed by atoms with Crippen molar-refractivity contribution >= 4 is 18.4 Å². The van der Waals surface area contributed by atoms with Gasteiger partial charge < -0.3 is 10.1 Å². The van der Waals surface area contributed by atoms with Gasteiger partial charge in [-0.25, -0.2) is 0 Å². The lowest BCUT2D eigenvalue weighted by atomic mass is 10.1. The molecule has 0 aromatic rings. The molecule has 0 amide bonds. The Kier molecular flexibility index (Phi) is 7.00. The van der Waals surface area contributed by atoms with Gasteiger partial charge in [0, 0.05) is 0 Å². The third-order valence-electron chi connectivity index (χ3n) is 2.04. The summed E-state index contributed by atoms with van der Waals surface area (Å²) in [5.74, 6) is -0.0726. The molecule has 1 aliphatic rings. The summed E-state index contributed by atoms with van der Waals surface area (Å²) in [7, 11) is 0. The second-order valence-electron chi connectivity index (χ2n) is 3.17. The van der Waals surface area contributed by atoms with Crippen LogP contribution < -0.4 is 5.32 Å². The summed E-state index contributed by atoms with van der Waals surface area (Å²) in [6.45, 7) is 3.50. The summed E-state index contributed by atoms with van der Waals surface area (Å²) in [5, 5.41) is 3.15. The predicted octanol–water partition coefficient (Wildman–Crippen LogP) is 1.50. The highest BCUT2D eigenvalue weighted by atomic mass is 35.5. The van der Waals surface area contributed by atoms with Gasteiger partial charge in [-0.1, -0.05) is 13.3 Å². The van der Waals surface area contributed by atoms with E-state index in [1.54, 1.807) is 0 Å². The Hall–Kier alpha value is -0.280. The Morgan fingerprint density at radius 3 is 2.85 bits per heavy atom. The third-order valence-corrected chi connectivity index (χ3v) is 2.04. The molecule has 0 spiro atoms. The average molecular weight is 208 g/mol. The first-order valence-electron chi connectivity index (χ1n) is 4.74. The van der Waals surface area contributed by atoms with Gasteiger partial charge in [0.1, 0.15) is 6.04 Å². The van der Waals surface area contributed by atoms with Crippen molar-refractivity contribution in [3.63, 3.8) is 0 Å². The number of carbonyl (C=O) groups excluding carboxylic acids is 1. The standard InChI is InChI=1S/C9H17NO2.ClH/c1-2-7-12-9(11)8-5-3-4-6-10-8;/h8,10H,2-7H2,1H3;1H. The van der Waals surface area contributed by atoms with Gasteiger partial charge in [0.15, 0.2) is 0 Å². The molecule has 0 aromatic carbocycles. The summed E-state index contributed by atoms with van der Waals surface area (Å²) in [4.78, 5) is 11.3. The molecule has 13 heavy (non-hydrogen) atoms. The number of halogens is 1. The van der Waals surface area contributed by atoms with E-state index >= 15 is 0 Å². The Morgan fingerprint density at radius 1 is 1.54 bits per heavy atom. The number of hydrogen-bond acceptors (Lipinski definition) is 3. The van der Waals surface area contributed by atoms with Gasteiger partial charge in [0.25, 0.3) is 0 Å². The summed E-state index contributed by atoms with van der Waals surface area (Å²) < 4.78 is 5.03. The van der Waals surface area contributed by atoms with Crippen LogP contribution in [0.5, 0.6) is 0 Å². The zero-order valence-electron chi connectivity index (χ0n) is 8.04. The van der Waals surface area contributed by atoms with Crippen LogP contribution in [0.1, 0.15) is 32.6 Å². The lowest BCUT2D eigenvalue weighted by molar-refractivity contribution is -0.146. The molecule has 1 aliphatic heterocycles. The summed E-state index contributed by atoms with van der Waals surface area (Å²) in [5.41, 5.74) is 0. The lowest BCUT2D eigenvalue weighted by Gasteiger charge is -2.21. The molecule has 1 fully saturated rings. The van der Waals surface area contributed by atoms with E-state index in [0.29, 0.717) is 6.61 Å². The van der Waals surface area contributed by atoms with Gasteiger partial charge in [-0.3, -0.25) is 4.79 Å². The molecular formula is C9H18ClNO2. The summed E-state index contributed by atoms with van der Waals surface area (Å²) in [6, 6.07) is -0.0368. The first kappa shape index (κ1) is 12.7. The van der Waals surface area contributed by atoms with Crippen LogP contribution >= 0.6 is 12.4 Å². The number of hydrogen-bond donors (Lipinski definition) is 1. The highest BCUT2D eigenvalue weighted by Gasteiger charge is 2.21. The Labute approximate surface area is 85.6 Å². The van der Waals surface area contributed by atoms with Crippen LogP contribution in [0.3, 0.4) is 0 Å². The zero-order valence-corrected chi connectivity index (χ0v) is 8.86. The number of rotatable bonds is 3. The van der Waals surface area contributed by atoms with Crippen LogP contribution in [0, 0.1) is 0 Å². The first-order valence-corrected chi connectivity index (χ1v) is 4.74. The van der Waals surface area contributed by atoms with Crippen molar-refractivity contribution < 1.29 is 9.53 Å². The maximum absolute atomic E-state index is 11.3. The van der Waals surface area contributed by atoms with Crippen molar-refractivity contribution in [3.05, 3.63) is 0 Å². The van der Waals surface area contributed by atoms with Crippen LogP contribution in [0.4, 0.5) is 0 Å². The molecule has 1 atom stereocenters. The molecule has 0 aliphatic carbocycles. The molecule has 1 rings (SSSR count). The van der Waals surface area contributed by atoms with Crippen molar-refractivity contribution in [2.24, 2.45) is 0 Å². The molecule has 1 unspecified atom stereocenters. The van der Waals surface area contributed by atoms with Crippen LogP contribution in [-0.2, 0) is 9.53 Å². The highest BCUT2D eigenvalue weighted by molar-refractivity contribution is 5.85. The molecule has 1 N–H and O–H groups in total. The molecule has 0 bridgehead atoms. The molecule has 0 radical (unpaired) electrons. The van der Waals surface area contributed by atoms with E-state index in [1.165, 1.54) is 6.42 Å². The summed E-state index contributed by atoms with van der Waals surface area (Å²) in [6.07, 6.45) is 4.15. The van der Waals surface area contributed by atoms with Gasteiger partial charge >= 0.3 is 5.97 Å². The fourth-order valence-corrected chi connectivity index (χ4v) is 1.36. The quantitative estimate of drug-likeness (QED) is 0.713. The average Bonchev–Trinajstić information content (AvgIpc) is 2.15. The minimum Gasteiger partial charge on any atom is -0.465 e. The van der Waals surface area contributed by atoms with Crippen molar-refractivity contribution in [3.8, 4) is 0 Å². The largest absolute Gasteiger partial charge is 0.465 e. The second-order valence-corrected chi connectivity index (χ2v) is 3.17. The van der Waals surface area contributed by atoms with Crippen LogP contribution in [-0.4, -0.2) is 25.2 Å². The van der Waals surface area contributed by atoms with Crippen molar-refractivity contribution in [1.82, 2.24) is 5.32 Å². The van der Waals surface area contributed by atoms with E-state index in [0.717, 1.165) is 25.8 Å². The fraction of sp³-hybridized carbons (Fsp3) is 0.889. The number of nitrogens with one attached hydrogen (secondary N) is 1. The van der Waals surface area contributed by atoms with Gasteiger partial charge in [0.2, 0.25) is 0 Å². The second kappa shape index (κ2) is 7.15. The minimum atomic E-state index is -0.0726. The maximum atomic E-state index is 11.3. The lowest BCUT2D eigenvalue weighted by Crippen LogP contribution is -2.41. The monoisotopic (exact) mass is 207 g/mol. The number of carbonyl (C=O) groups is 1. The predicted molar refractivity (Wildman–Crippen MR) is 54.1 cm³/mol. The van der Waals surface area contributed by atoms with Crippen LogP contribution in [0.2, 0.25) is 0 Å². The fourth-order valence-electron chi connectivity index (χ4n) is 1.36. The smallest absolute Gasteiger partial charge is 0.323 e. The van der Waals surface area contributed by atoms with E-state index in [1.807, 2.05) is 6.92 Å². The maximum Gasteiger partial charge on any atom is 0.323 e. The molecule has 1 saturated heterocycles. The first-order chi connectivity index (χ1) is 5.84.